The molecule has 1 aromatic carbocycles. The summed E-state index contributed by atoms with van der Waals surface area (Å²) >= 11 is 3.13. The maximum atomic E-state index is 13.4. The molecule has 0 radical (unpaired) electrons. The third-order valence-corrected chi connectivity index (χ3v) is 2.09. The van der Waals surface area contributed by atoms with Crippen molar-refractivity contribution in [1.82, 2.24) is 0 Å². The van der Waals surface area contributed by atoms with Crippen LogP contribution in [0.25, 0.3) is 0 Å². The lowest BCUT2D eigenvalue weighted by Crippen LogP contribution is -2.06. The molecule has 0 fully saturated rings. The van der Waals surface area contributed by atoms with Crippen LogP contribution in [0.1, 0.15) is 18.5 Å². The van der Waals surface area contributed by atoms with Crippen LogP contribution in [0.2, 0.25) is 0 Å². The normalized spacial score (nSPS) is 12.3. The first-order chi connectivity index (χ1) is 7.00. The summed E-state index contributed by atoms with van der Waals surface area (Å²) in [5, 5.41) is 0. The van der Waals surface area contributed by atoms with Crippen LogP contribution in [-0.2, 0) is 0 Å². The molecule has 0 aliphatic carbocycles. The lowest BCUT2D eigenvalue weighted by atomic mass is 10.1. The SMILES string of the molecule is C=C(Br)COc1ccc([C@H](C)N)cc1F. The number of halogens is 2. The highest BCUT2D eigenvalue weighted by molar-refractivity contribution is 9.11. The monoisotopic (exact) mass is 273 g/mol. The number of hydrogen-bond acceptors (Lipinski definition) is 2. The van der Waals surface area contributed by atoms with Gasteiger partial charge in [0.1, 0.15) is 6.61 Å². The summed E-state index contributed by atoms with van der Waals surface area (Å²) < 4.78 is 19.3. The van der Waals surface area contributed by atoms with E-state index in [0.29, 0.717) is 4.48 Å². The lowest BCUT2D eigenvalue weighted by molar-refractivity contribution is 0.339. The van der Waals surface area contributed by atoms with Gasteiger partial charge in [0, 0.05) is 10.5 Å². The van der Waals surface area contributed by atoms with Crippen LogP contribution >= 0.6 is 15.9 Å². The number of ether oxygens (including phenoxy) is 1. The summed E-state index contributed by atoms with van der Waals surface area (Å²) in [5.74, 6) is -0.196. The Hall–Kier alpha value is -0.870. The lowest BCUT2D eigenvalue weighted by Gasteiger charge is -2.09. The molecule has 1 atom stereocenters. The minimum atomic E-state index is -0.404. The first kappa shape index (κ1) is 12.2. The number of hydrogen-bond donors (Lipinski definition) is 1. The molecule has 0 amide bonds. The molecular weight excluding hydrogens is 261 g/mol. The van der Waals surface area contributed by atoms with E-state index in [1.165, 1.54) is 6.07 Å². The van der Waals surface area contributed by atoms with Gasteiger partial charge in [-0.05, 0) is 24.6 Å². The van der Waals surface area contributed by atoms with E-state index in [0.717, 1.165) is 5.56 Å². The van der Waals surface area contributed by atoms with Crippen molar-refractivity contribution in [3.63, 3.8) is 0 Å². The zero-order chi connectivity index (χ0) is 11.4. The van der Waals surface area contributed by atoms with Gasteiger partial charge in [0.05, 0.1) is 0 Å². The molecule has 0 aliphatic rings. The van der Waals surface area contributed by atoms with Gasteiger partial charge in [-0.15, -0.1) is 0 Å². The van der Waals surface area contributed by atoms with Crippen LogP contribution in [0.15, 0.2) is 29.3 Å². The minimum Gasteiger partial charge on any atom is -0.485 e. The van der Waals surface area contributed by atoms with Gasteiger partial charge in [-0.2, -0.15) is 0 Å². The highest BCUT2D eigenvalue weighted by Crippen LogP contribution is 2.21. The van der Waals surface area contributed by atoms with E-state index < -0.39 is 5.82 Å². The third-order valence-electron chi connectivity index (χ3n) is 1.87. The molecule has 0 unspecified atom stereocenters. The molecule has 0 aromatic heterocycles. The Labute approximate surface area is 97.1 Å². The summed E-state index contributed by atoms with van der Waals surface area (Å²) in [7, 11) is 0. The standard InChI is InChI=1S/C11H13BrFNO/c1-7(12)6-15-11-4-3-9(8(2)14)5-10(11)13/h3-5,8H,1,6,14H2,2H3/t8-/m0/s1. The number of benzene rings is 1. The fraction of sp³-hybridized carbons (Fsp3) is 0.273. The van der Waals surface area contributed by atoms with E-state index in [2.05, 4.69) is 22.5 Å². The maximum Gasteiger partial charge on any atom is 0.165 e. The molecule has 0 spiro atoms. The highest BCUT2D eigenvalue weighted by Gasteiger charge is 2.07. The first-order valence-corrected chi connectivity index (χ1v) is 5.31. The molecule has 0 bridgehead atoms. The number of rotatable bonds is 4. The molecule has 82 valence electrons. The smallest absolute Gasteiger partial charge is 0.165 e. The van der Waals surface area contributed by atoms with Crippen LogP contribution in [0.5, 0.6) is 5.75 Å². The van der Waals surface area contributed by atoms with Crippen LogP contribution in [0.4, 0.5) is 4.39 Å². The van der Waals surface area contributed by atoms with Crippen molar-refractivity contribution in [2.75, 3.05) is 6.61 Å². The summed E-state index contributed by atoms with van der Waals surface area (Å²) in [6.07, 6.45) is 0. The average molecular weight is 274 g/mol. The van der Waals surface area contributed by atoms with Crippen LogP contribution < -0.4 is 10.5 Å². The number of nitrogens with two attached hydrogens (primary N) is 1. The summed E-state index contributed by atoms with van der Waals surface area (Å²) in [4.78, 5) is 0. The molecule has 15 heavy (non-hydrogen) atoms. The largest absolute Gasteiger partial charge is 0.485 e. The molecule has 2 N–H and O–H groups in total. The fourth-order valence-electron chi connectivity index (χ4n) is 1.07. The Morgan fingerprint density at radius 1 is 1.67 bits per heavy atom. The quantitative estimate of drug-likeness (QED) is 0.915. The molecule has 0 heterocycles. The average Bonchev–Trinajstić information content (AvgIpc) is 2.15. The van der Waals surface area contributed by atoms with Crippen LogP contribution in [-0.4, -0.2) is 6.61 Å². The second-order valence-corrected chi connectivity index (χ2v) is 4.41. The highest BCUT2D eigenvalue weighted by atomic mass is 79.9. The van der Waals surface area contributed by atoms with Crippen LogP contribution in [0, 0.1) is 5.82 Å². The molecule has 1 rings (SSSR count). The zero-order valence-electron chi connectivity index (χ0n) is 8.47. The van der Waals surface area contributed by atoms with Gasteiger partial charge in [-0.1, -0.05) is 28.6 Å². The van der Waals surface area contributed by atoms with Crippen molar-refractivity contribution < 1.29 is 9.13 Å². The van der Waals surface area contributed by atoms with Crippen molar-refractivity contribution in [1.29, 1.82) is 0 Å². The molecule has 0 saturated carbocycles. The van der Waals surface area contributed by atoms with E-state index in [1.807, 2.05) is 0 Å². The molecule has 4 heteroatoms. The van der Waals surface area contributed by atoms with E-state index in [9.17, 15) is 4.39 Å². The molecule has 2 nitrogen and oxygen atoms in total. The summed E-state index contributed by atoms with van der Waals surface area (Å²) in [5.41, 5.74) is 6.37. The van der Waals surface area contributed by atoms with Crippen molar-refractivity contribution in [3.05, 3.63) is 40.6 Å². The van der Waals surface area contributed by atoms with Gasteiger partial charge < -0.3 is 10.5 Å². The van der Waals surface area contributed by atoms with Crippen molar-refractivity contribution in [2.24, 2.45) is 5.73 Å². The topological polar surface area (TPSA) is 35.2 Å². The summed E-state index contributed by atoms with van der Waals surface area (Å²) in [6, 6.07) is 4.53. The molecule has 0 saturated heterocycles. The Kier molecular flexibility index (Phi) is 4.29. The second kappa shape index (κ2) is 5.28. The Morgan fingerprint density at radius 2 is 2.33 bits per heavy atom. The van der Waals surface area contributed by atoms with Crippen LogP contribution in [0.3, 0.4) is 0 Å². The third kappa shape index (κ3) is 3.64. The molecule has 1 aromatic rings. The predicted molar refractivity (Wildman–Crippen MR) is 62.6 cm³/mol. The van der Waals surface area contributed by atoms with E-state index in [-0.39, 0.29) is 18.4 Å². The van der Waals surface area contributed by atoms with Gasteiger partial charge in [-0.3, -0.25) is 0 Å². The van der Waals surface area contributed by atoms with Gasteiger partial charge in [0.25, 0.3) is 0 Å². The minimum absolute atomic E-state index is 0.181. The Morgan fingerprint density at radius 3 is 2.80 bits per heavy atom. The predicted octanol–water partition coefficient (Wildman–Crippen LogP) is 3.13. The molecular formula is C11H13BrFNO. The Bertz CT molecular complexity index is 366. The fourth-order valence-corrected chi connectivity index (χ4v) is 1.19. The van der Waals surface area contributed by atoms with Gasteiger partial charge in [0.2, 0.25) is 0 Å². The van der Waals surface area contributed by atoms with E-state index in [1.54, 1.807) is 19.1 Å². The van der Waals surface area contributed by atoms with Gasteiger partial charge in [0.15, 0.2) is 11.6 Å². The van der Waals surface area contributed by atoms with Crippen molar-refractivity contribution >= 4 is 15.9 Å². The van der Waals surface area contributed by atoms with Crippen molar-refractivity contribution in [3.8, 4) is 5.75 Å². The van der Waals surface area contributed by atoms with Gasteiger partial charge >= 0.3 is 0 Å². The maximum absolute atomic E-state index is 13.4. The second-order valence-electron chi connectivity index (χ2n) is 3.28. The Balaban J connectivity index is 2.79. The zero-order valence-corrected chi connectivity index (χ0v) is 10.1. The van der Waals surface area contributed by atoms with E-state index in [4.69, 9.17) is 10.5 Å². The summed E-state index contributed by atoms with van der Waals surface area (Å²) in [6.45, 7) is 5.64. The molecule has 0 aliphatic heterocycles. The van der Waals surface area contributed by atoms with E-state index >= 15 is 0 Å². The van der Waals surface area contributed by atoms with Gasteiger partial charge in [-0.25, -0.2) is 4.39 Å². The van der Waals surface area contributed by atoms with Crippen molar-refractivity contribution in [2.45, 2.75) is 13.0 Å². The first-order valence-electron chi connectivity index (χ1n) is 4.52.